The van der Waals surface area contributed by atoms with Gasteiger partial charge in [-0.05, 0) is 40.5 Å². The minimum absolute atomic E-state index is 0.109. The van der Waals surface area contributed by atoms with Crippen molar-refractivity contribution in [3.8, 4) is 0 Å². The number of carboxylic acids is 2. The number of unbranched alkanes of at least 4 members (excludes halogenated alkanes) is 1. The molecule has 14 unspecified atom stereocenters. The van der Waals surface area contributed by atoms with E-state index in [2.05, 4.69) is 10.6 Å². The maximum absolute atomic E-state index is 12.1. The van der Waals surface area contributed by atoms with E-state index < -0.39 is 164 Å². The van der Waals surface area contributed by atoms with Gasteiger partial charge < -0.3 is 119 Å². The van der Waals surface area contributed by atoms with Gasteiger partial charge in [-0.15, -0.1) is 0 Å². The molecule has 2 amide bonds. The third-order valence-corrected chi connectivity index (χ3v) is 12.2. The summed E-state index contributed by atoms with van der Waals surface area (Å²) in [7, 11) is 1.13. The second kappa shape index (κ2) is 29.4. The van der Waals surface area contributed by atoms with Crippen molar-refractivity contribution >= 4 is 23.8 Å². The normalized spacial score (nSPS) is 38.2. The first-order valence-electron chi connectivity index (χ1n) is 23.8. The number of carboxylic acid groups (broad SMARTS) is 2. The summed E-state index contributed by atoms with van der Waals surface area (Å²) in [5.41, 5.74) is 0. The summed E-state index contributed by atoms with van der Waals surface area (Å²) in [4.78, 5) is 48.0. The highest BCUT2D eigenvalue weighted by atomic mass is 16.7. The molecule has 0 saturated carbocycles. The SMILES string of the molecule is CO[C@@H]1C(C(=O)O)O[C@@H](OC2C(NC(C)=O)[C@H](C)OC(COCC(O)COCCCCOCC(O)COCC3O[C@@H](C)C(NC(C)=O)C(O[C@@H]4OC(C(=O)O)[C@@H](OC(C)C)C(O)C4O)[C@@H]3O)[C@H]2O)C(O)C1O. The smallest absolute Gasteiger partial charge is 0.335 e. The third-order valence-electron chi connectivity index (χ3n) is 12.2. The molecule has 0 aromatic rings. The summed E-state index contributed by atoms with van der Waals surface area (Å²) in [5, 5.41) is 111. The lowest BCUT2D eigenvalue weighted by molar-refractivity contribution is -0.332. The van der Waals surface area contributed by atoms with Crippen LogP contribution in [-0.4, -0.2) is 275 Å². The highest BCUT2D eigenvalue weighted by molar-refractivity contribution is 5.74. The Kier molecular flexibility index (Phi) is 25.2. The average Bonchev–Trinajstić information content (AvgIpc) is 3.30. The Balaban J connectivity index is 1.13. The van der Waals surface area contributed by atoms with Crippen molar-refractivity contribution in [1.82, 2.24) is 10.6 Å². The summed E-state index contributed by atoms with van der Waals surface area (Å²) in [5.74, 6) is -4.00. The Morgan fingerprint density at radius 2 is 0.917 bits per heavy atom. The standard InChI is InChI=1S/C44H76N2O26/c1-18(2)66-38-32(54)34(56)44(72-40(38)42(59)60)70-36-28(46-22(6)48)20(4)68-26(30(36)52)17-65-15-24(50)13-63-11-9-8-10-62-12-23(49)14-64-16-25-29(51)35(27(19(3)67-25)45-21(5)47)69-43-33(55)31(53)37(61-7)39(71-43)41(57)58/h18-20,23-40,43-44,49-56H,8-17H2,1-7H3,(H,45,47)(H,46,48)(H,57,58)(H,59,60)/t19-,20-,23?,24?,25?,26?,27?,28?,29+,30+,31?,32?,33?,34?,35?,36?,37-,38-,39?,40?,43+,44+/m0/s1. The Hall–Kier alpha value is -2.92. The number of rotatable bonds is 28. The Bertz CT molecular complexity index is 1670. The first-order valence-corrected chi connectivity index (χ1v) is 23.8. The molecule has 418 valence electrons. The van der Waals surface area contributed by atoms with Gasteiger partial charge in [0.15, 0.2) is 24.8 Å². The predicted molar refractivity (Wildman–Crippen MR) is 238 cm³/mol. The van der Waals surface area contributed by atoms with Crippen LogP contribution in [0.3, 0.4) is 0 Å². The molecule has 4 heterocycles. The molecule has 4 aliphatic rings. The fraction of sp³-hybridized carbons (Fsp3) is 0.909. The van der Waals surface area contributed by atoms with Crippen LogP contribution in [0.15, 0.2) is 0 Å². The van der Waals surface area contributed by atoms with Gasteiger partial charge in [0.25, 0.3) is 0 Å². The van der Waals surface area contributed by atoms with Crippen LogP contribution in [0.1, 0.15) is 54.4 Å². The highest BCUT2D eigenvalue weighted by Crippen LogP contribution is 2.33. The lowest BCUT2D eigenvalue weighted by atomic mass is 9.92. The van der Waals surface area contributed by atoms with Gasteiger partial charge in [0.2, 0.25) is 11.8 Å². The number of carbonyl (C=O) groups is 4. The van der Waals surface area contributed by atoms with Gasteiger partial charge in [0.05, 0.1) is 70.0 Å². The van der Waals surface area contributed by atoms with E-state index in [1.165, 1.54) is 13.8 Å². The van der Waals surface area contributed by atoms with Crippen molar-refractivity contribution in [2.24, 2.45) is 0 Å². The molecule has 0 aliphatic carbocycles. The molecule has 4 saturated heterocycles. The number of nitrogens with one attached hydrogen (secondary N) is 2. The fourth-order valence-corrected chi connectivity index (χ4v) is 8.66. The predicted octanol–water partition coefficient (Wildman–Crippen LogP) is -5.50. The van der Waals surface area contributed by atoms with Gasteiger partial charge in [0.1, 0.15) is 85.5 Å². The first-order chi connectivity index (χ1) is 34.0. The van der Waals surface area contributed by atoms with Crippen LogP contribution in [0, 0.1) is 0 Å². The number of ether oxygens (including phenoxy) is 12. The van der Waals surface area contributed by atoms with Crippen LogP contribution < -0.4 is 10.6 Å². The van der Waals surface area contributed by atoms with Crippen LogP contribution in [-0.2, 0) is 76.0 Å². The number of hydrogen-bond donors (Lipinski definition) is 12. The molecule has 22 atom stereocenters. The van der Waals surface area contributed by atoms with Gasteiger partial charge in [-0.3, -0.25) is 9.59 Å². The van der Waals surface area contributed by atoms with Crippen LogP contribution >= 0.6 is 0 Å². The second-order valence-corrected chi connectivity index (χ2v) is 18.5. The van der Waals surface area contributed by atoms with E-state index >= 15 is 0 Å². The molecule has 0 radical (unpaired) electrons. The zero-order chi connectivity index (χ0) is 53.6. The molecule has 0 bridgehead atoms. The third kappa shape index (κ3) is 17.3. The zero-order valence-electron chi connectivity index (χ0n) is 41.4. The minimum atomic E-state index is -1.81. The van der Waals surface area contributed by atoms with E-state index in [0.717, 1.165) is 7.11 Å². The van der Waals surface area contributed by atoms with Crippen molar-refractivity contribution in [3.05, 3.63) is 0 Å². The Morgan fingerprint density at radius 3 is 1.28 bits per heavy atom. The van der Waals surface area contributed by atoms with E-state index in [1.807, 2.05) is 0 Å². The second-order valence-electron chi connectivity index (χ2n) is 18.5. The van der Waals surface area contributed by atoms with Crippen molar-refractivity contribution in [3.63, 3.8) is 0 Å². The molecule has 0 spiro atoms. The number of hydrogen-bond acceptors (Lipinski definition) is 24. The molecule has 4 fully saturated rings. The number of aliphatic hydroxyl groups is 8. The summed E-state index contributed by atoms with van der Waals surface area (Å²) in [6.07, 6.45) is -28.2. The molecule has 4 aliphatic heterocycles. The van der Waals surface area contributed by atoms with Gasteiger partial charge in [-0.1, -0.05) is 0 Å². The van der Waals surface area contributed by atoms with E-state index in [4.69, 9.17) is 56.8 Å². The number of aliphatic carboxylic acids is 2. The fourth-order valence-electron chi connectivity index (χ4n) is 8.66. The van der Waals surface area contributed by atoms with Crippen molar-refractivity contribution in [2.75, 3.05) is 60.0 Å². The van der Waals surface area contributed by atoms with Crippen LogP contribution in [0.2, 0.25) is 0 Å². The lowest BCUT2D eigenvalue weighted by Crippen LogP contribution is -2.67. The Morgan fingerprint density at radius 1 is 0.542 bits per heavy atom. The number of amides is 2. The monoisotopic (exact) mass is 1050 g/mol. The van der Waals surface area contributed by atoms with Gasteiger partial charge in [-0.25, -0.2) is 9.59 Å². The van der Waals surface area contributed by atoms with E-state index in [1.54, 1.807) is 27.7 Å². The molecule has 4 rings (SSSR count). The number of methoxy groups -OCH3 is 1. The maximum Gasteiger partial charge on any atom is 0.335 e. The highest BCUT2D eigenvalue weighted by Gasteiger charge is 2.55. The quantitative estimate of drug-likeness (QED) is 0.0325. The summed E-state index contributed by atoms with van der Waals surface area (Å²) in [6.45, 7) is 8.09. The van der Waals surface area contributed by atoms with Gasteiger partial charge in [0, 0.05) is 34.2 Å². The Labute approximate surface area is 415 Å². The van der Waals surface area contributed by atoms with Crippen LogP contribution in [0.25, 0.3) is 0 Å². The van der Waals surface area contributed by atoms with E-state index in [-0.39, 0.29) is 52.9 Å². The average molecular weight is 1050 g/mol. The number of carbonyl (C=O) groups excluding carboxylic acids is 2. The van der Waals surface area contributed by atoms with Gasteiger partial charge in [-0.2, -0.15) is 0 Å². The van der Waals surface area contributed by atoms with Crippen molar-refractivity contribution in [2.45, 2.75) is 195 Å². The first kappa shape index (κ1) is 61.6. The molecular formula is C44H76N2O26. The molecule has 0 aromatic carbocycles. The van der Waals surface area contributed by atoms with E-state index in [0.29, 0.717) is 12.8 Å². The van der Waals surface area contributed by atoms with Crippen molar-refractivity contribution < 1.29 is 127 Å². The molecule has 12 N–H and O–H groups in total. The van der Waals surface area contributed by atoms with Crippen LogP contribution in [0.5, 0.6) is 0 Å². The van der Waals surface area contributed by atoms with Crippen molar-refractivity contribution in [1.29, 1.82) is 0 Å². The molecule has 28 nitrogen and oxygen atoms in total. The summed E-state index contributed by atoms with van der Waals surface area (Å²) in [6, 6.07) is -2.02. The topological polar surface area (TPSA) is 405 Å². The van der Waals surface area contributed by atoms with E-state index in [9.17, 15) is 70.2 Å². The molecular weight excluding hydrogens is 972 g/mol. The zero-order valence-corrected chi connectivity index (χ0v) is 41.4. The minimum Gasteiger partial charge on any atom is -0.479 e. The number of aliphatic hydroxyl groups excluding tert-OH is 8. The molecule has 0 aromatic heterocycles. The largest absolute Gasteiger partial charge is 0.479 e. The lowest BCUT2D eigenvalue weighted by Gasteiger charge is -2.47. The maximum atomic E-state index is 12.1. The molecule has 28 heteroatoms. The summed E-state index contributed by atoms with van der Waals surface area (Å²) >= 11 is 0. The summed E-state index contributed by atoms with van der Waals surface area (Å²) < 4.78 is 67.3. The van der Waals surface area contributed by atoms with Crippen LogP contribution in [0.4, 0.5) is 0 Å². The molecule has 72 heavy (non-hydrogen) atoms. The van der Waals surface area contributed by atoms with Gasteiger partial charge >= 0.3 is 11.9 Å².